The van der Waals surface area contributed by atoms with E-state index in [1.54, 1.807) is 0 Å². The second kappa shape index (κ2) is 3.84. The molecule has 0 saturated heterocycles. The van der Waals surface area contributed by atoms with Crippen LogP contribution in [0.1, 0.15) is 10.8 Å². The van der Waals surface area contributed by atoms with Gasteiger partial charge in [0.15, 0.2) is 15.1 Å². The molecule has 0 fully saturated rings. The molecule has 0 aliphatic heterocycles. The van der Waals surface area contributed by atoms with Gasteiger partial charge in [-0.05, 0) is 5.56 Å². The molecule has 1 rings (SSSR count). The van der Waals surface area contributed by atoms with Gasteiger partial charge < -0.3 is 0 Å². The molecule has 1 unspecified atom stereocenters. The Morgan fingerprint density at radius 2 is 1.60 bits per heavy atom. The van der Waals surface area contributed by atoms with E-state index in [9.17, 15) is 21.6 Å². The van der Waals surface area contributed by atoms with Crippen LogP contribution >= 0.6 is 0 Å². The van der Waals surface area contributed by atoms with Gasteiger partial charge >= 0.3 is 6.18 Å². The summed E-state index contributed by atoms with van der Waals surface area (Å²) in [7, 11) is -4.45. The smallest absolute Gasteiger partial charge is 0.228 e. The third kappa shape index (κ3) is 2.95. The first-order chi connectivity index (χ1) is 6.73. The number of hydrogen-bond donors (Lipinski definition) is 0. The fourth-order valence-corrected chi connectivity index (χ4v) is 2.21. The second-order valence-corrected chi connectivity index (χ2v) is 4.79. The molecule has 0 aliphatic carbocycles. The van der Waals surface area contributed by atoms with E-state index < -0.39 is 21.3 Å². The van der Waals surface area contributed by atoms with E-state index in [1.165, 1.54) is 18.2 Å². The zero-order valence-corrected chi connectivity index (χ0v) is 8.35. The highest BCUT2D eigenvalue weighted by atomic mass is 32.2. The standard InChI is InChI=1S/C9H8F3O2S/c1-15(13,14)8(9(10,11)12)7-5-3-2-4-6-7/h2-6,8H,1H2. The van der Waals surface area contributed by atoms with Gasteiger partial charge in [-0.3, -0.25) is 0 Å². The summed E-state index contributed by atoms with van der Waals surface area (Å²) in [5.41, 5.74) is -0.319. The lowest BCUT2D eigenvalue weighted by Crippen LogP contribution is -2.26. The molecule has 0 heterocycles. The normalized spacial score (nSPS) is 14.9. The van der Waals surface area contributed by atoms with Crippen molar-refractivity contribution >= 4 is 9.84 Å². The van der Waals surface area contributed by atoms with Crippen LogP contribution in [-0.2, 0) is 9.84 Å². The Kier molecular flexibility index (Phi) is 3.08. The first-order valence-corrected chi connectivity index (χ1v) is 5.63. The lowest BCUT2D eigenvalue weighted by atomic mass is 10.1. The Morgan fingerprint density at radius 1 is 1.13 bits per heavy atom. The molecular weight excluding hydrogens is 229 g/mol. The average molecular weight is 237 g/mol. The van der Waals surface area contributed by atoms with Crippen molar-refractivity contribution in [1.82, 2.24) is 0 Å². The van der Waals surface area contributed by atoms with E-state index in [0.29, 0.717) is 0 Å². The Hall–Kier alpha value is -1.04. The Balaban J connectivity index is 3.27. The predicted octanol–water partition coefficient (Wildman–Crippen LogP) is 2.50. The highest BCUT2D eigenvalue weighted by Gasteiger charge is 2.47. The van der Waals surface area contributed by atoms with Gasteiger partial charge in [0, 0.05) is 0 Å². The molecule has 1 radical (unpaired) electrons. The Labute approximate surface area is 85.6 Å². The maximum absolute atomic E-state index is 12.5. The van der Waals surface area contributed by atoms with Crippen LogP contribution in [0.5, 0.6) is 0 Å². The minimum Gasteiger partial charge on any atom is -0.228 e. The molecule has 1 aromatic carbocycles. The summed E-state index contributed by atoms with van der Waals surface area (Å²) in [6.07, 6.45) is -2.28. The Bertz CT molecular complexity index is 422. The van der Waals surface area contributed by atoms with Gasteiger partial charge in [0.05, 0.1) is 6.26 Å². The summed E-state index contributed by atoms with van der Waals surface area (Å²) >= 11 is 0. The SMILES string of the molecule is [CH2]S(=O)(=O)C(c1ccccc1)C(F)(F)F. The molecule has 0 amide bonds. The number of halogens is 3. The molecule has 0 bridgehead atoms. The van der Waals surface area contributed by atoms with Crippen molar-refractivity contribution in [3.05, 3.63) is 42.2 Å². The fraction of sp³-hybridized carbons (Fsp3) is 0.222. The van der Waals surface area contributed by atoms with Crippen LogP contribution in [0.4, 0.5) is 13.2 Å². The van der Waals surface area contributed by atoms with Crippen LogP contribution in [-0.4, -0.2) is 14.6 Å². The molecule has 0 aromatic heterocycles. The third-order valence-electron chi connectivity index (χ3n) is 1.76. The van der Waals surface area contributed by atoms with E-state index in [-0.39, 0.29) is 5.56 Å². The summed E-state index contributed by atoms with van der Waals surface area (Å²) < 4.78 is 59.3. The average Bonchev–Trinajstić information content (AvgIpc) is 2.00. The summed E-state index contributed by atoms with van der Waals surface area (Å²) in [6, 6.07) is 6.42. The van der Waals surface area contributed by atoms with Gasteiger partial charge in [-0.1, -0.05) is 30.3 Å². The molecule has 83 valence electrons. The van der Waals surface area contributed by atoms with E-state index in [4.69, 9.17) is 0 Å². The molecule has 15 heavy (non-hydrogen) atoms. The van der Waals surface area contributed by atoms with Crippen LogP contribution in [0.15, 0.2) is 30.3 Å². The molecule has 0 N–H and O–H groups in total. The maximum Gasteiger partial charge on any atom is 0.409 e. The van der Waals surface area contributed by atoms with Crippen molar-refractivity contribution in [3.8, 4) is 0 Å². The van der Waals surface area contributed by atoms with Crippen LogP contribution in [0, 0.1) is 6.26 Å². The van der Waals surface area contributed by atoms with Gasteiger partial charge in [-0.25, -0.2) is 8.42 Å². The van der Waals surface area contributed by atoms with Gasteiger partial charge in [0.1, 0.15) is 0 Å². The van der Waals surface area contributed by atoms with E-state index >= 15 is 0 Å². The van der Waals surface area contributed by atoms with Crippen LogP contribution in [0.2, 0.25) is 0 Å². The molecule has 6 heteroatoms. The lowest BCUT2D eigenvalue weighted by molar-refractivity contribution is -0.131. The van der Waals surface area contributed by atoms with Crippen LogP contribution in [0.25, 0.3) is 0 Å². The van der Waals surface area contributed by atoms with Crippen molar-refractivity contribution in [2.75, 3.05) is 0 Å². The second-order valence-electron chi connectivity index (χ2n) is 3.00. The van der Waals surface area contributed by atoms with Crippen molar-refractivity contribution in [1.29, 1.82) is 0 Å². The van der Waals surface area contributed by atoms with Crippen molar-refractivity contribution < 1.29 is 21.6 Å². The molecular formula is C9H8F3O2S. The lowest BCUT2D eigenvalue weighted by Gasteiger charge is -2.18. The number of sulfone groups is 1. The fourth-order valence-electron chi connectivity index (χ4n) is 1.23. The van der Waals surface area contributed by atoms with E-state index in [1.807, 2.05) is 0 Å². The molecule has 0 saturated carbocycles. The molecule has 1 aromatic rings. The predicted molar refractivity (Wildman–Crippen MR) is 49.5 cm³/mol. The first kappa shape index (κ1) is 12.0. The quantitative estimate of drug-likeness (QED) is 0.792. The van der Waals surface area contributed by atoms with Crippen LogP contribution < -0.4 is 0 Å². The highest BCUT2D eigenvalue weighted by Crippen LogP contribution is 2.38. The van der Waals surface area contributed by atoms with Crippen molar-refractivity contribution in [3.63, 3.8) is 0 Å². The van der Waals surface area contributed by atoms with E-state index in [0.717, 1.165) is 12.1 Å². The monoisotopic (exact) mass is 237 g/mol. The molecule has 1 atom stereocenters. The number of alkyl halides is 3. The van der Waals surface area contributed by atoms with Crippen LogP contribution in [0.3, 0.4) is 0 Å². The maximum atomic E-state index is 12.5. The topological polar surface area (TPSA) is 34.1 Å². The first-order valence-electron chi connectivity index (χ1n) is 3.91. The van der Waals surface area contributed by atoms with Gasteiger partial charge in [0.2, 0.25) is 0 Å². The molecule has 0 spiro atoms. The van der Waals surface area contributed by atoms with Gasteiger partial charge in [-0.15, -0.1) is 0 Å². The highest BCUT2D eigenvalue weighted by molar-refractivity contribution is 7.92. The number of rotatable bonds is 2. The minimum atomic E-state index is -4.85. The Morgan fingerprint density at radius 3 is 1.93 bits per heavy atom. The summed E-state index contributed by atoms with van der Waals surface area (Å²) in [6.45, 7) is 0. The largest absolute Gasteiger partial charge is 0.409 e. The zero-order valence-electron chi connectivity index (χ0n) is 7.53. The molecule has 2 nitrogen and oxygen atoms in total. The van der Waals surface area contributed by atoms with Gasteiger partial charge in [0.25, 0.3) is 0 Å². The summed E-state index contributed by atoms with van der Waals surface area (Å²) in [5, 5.41) is -2.55. The third-order valence-corrected chi connectivity index (χ3v) is 3.02. The van der Waals surface area contributed by atoms with Crippen molar-refractivity contribution in [2.45, 2.75) is 11.4 Å². The van der Waals surface area contributed by atoms with Gasteiger partial charge in [-0.2, -0.15) is 13.2 Å². The summed E-state index contributed by atoms with van der Waals surface area (Å²) in [5.74, 6) is 0. The number of hydrogen-bond acceptors (Lipinski definition) is 2. The zero-order chi connectivity index (χ0) is 11.7. The van der Waals surface area contributed by atoms with E-state index in [2.05, 4.69) is 6.26 Å². The number of benzene rings is 1. The summed E-state index contributed by atoms with van der Waals surface area (Å²) in [4.78, 5) is 0. The minimum absolute atomic E-state index is 0.319. The molecule has 0 aliphatic rings. The van der Waals surface area contributed by atoms with Crippen molar-refractivity contribution in [2.24, 2.45) is 0 Å².